The van der Waals surface area contributed by atoms with Crippen molar-refractivity contribution in [3.8, 4) is 5.75 Å². The van der Waals surface area contributed by atoms with Crippen LogP contribution in [0.15, 0.2) is 58.3 Å². The molecule has 10 heteroatoms. The lowest BCUT2D eigenvalue weighted by Gasteiger charge is -2.09. The molecule has 4 rings (SSSR count). The third kappa shape index (κ3) is 4.91. The molecule has 1 amide bonds. The van der Waals surface area contributed by atoms with E-state index in [1.54, 1.807) is 6.20 Å². The fraction of sp³-hybridized carbons (Fsp3) is 0.227. The summed E-state index contributed by atoms with van der Waals surface area (Å²) < 4.78 is 7.01. The number of aryl methyl sites for hydroxylation is 2. The minimum atomic E-state index is -0.537. The Morgan fingerprint density at radius 1 is 1.16 bits per heavy atom. The van der Waals surface area contributed by atoms with E-state index in [1.165, 1.54) is 11.6 Å². The van der Waals surface area contributed by atoms with E-state index in [4.69, 9.17) is 4.74 Å². The molecule has 0 radical (unpaired) electrons. The van der Waals surface area contributed by atoms with E-state index in [0.29, 0.717) is 31.1 Å². The van der Waals surface area contributed by atoms with Crippen LogP contribution >= 0.6 is 0 Å². The fourth-order valence-corrected chi connectivity index (χ4v) is 3.18. The molecule has 0 aliphatic heterocycles. The highest BCUT2D eigenvalue weighted by Gasteiger charge is 2.12. The Bertz CT molecular complexity index is 1360. The van der Waals surface area contributed by atoms with E-state index in [1.807, 2.05) is 42.5 Å². The molecule has 0 saturated heterocycles. The van der Waals surface area contributed by atoms with Gasteiger partial charge in [-0.15, -0.1) is 0 Å². The van der Waals surface area contributed by atoms with Gasteiger partial charge in [0.05, 0.1) is 5.69 Å². The van der Waals surface area contributed by atoms with Crippen LogP contribution in [-0.2, 0) is 31.4 Å². The Morgan fingerprint density at radius 3 is 2.84 bits per heavy atom. The highest BCUT2D eigenvalue weighted by atomic mass is 16.5. The van der Waals surface area contributed by atoms with E-state index in [2.05, 4.69) is 25.3 Å². The first-order valence-electron chi connectivity index (χ1n) is 10.1. The van der Waals surface area contributed by atoms with Crippen molar-refractivity contribution in [1.82, 2.24) is 29.8 Å². The van der Waals surface area contributed by atoms with Crippen molar-refractivity contribution in [3.05, 3.63) is 86.6 Å². The van der Waals surface area contributed by atoms with Gasteiger partial charge in [-0.3, -0.25) is 24.1 Å². The fourth-order valence-electron chi connectivity index (χ4n) is 3.18. The molecule has 3 heterocycles. The molecule has 10 nitrogen and oxygen atoms in total. The van der Waals surface area contributed by atoms with Crippen molar-refractivity contribution in [2.75, 3.05) is 0 Å². The van der Waals surface area contributed by atoms with Crippen LogP contribution in [0.2, 0.25) is 0 Å². The average molecular weight is 434 g/mol. The number of rotatable bonds is 8. The molecule has 1 aromatic carbocycles. The molecule has 0 spiro atoms. The highest BCUT2D eigenvalue weighted by molar-refractivity contribution is 5.76. The molecule has 0 bridgehead atoms. The molecule has 0 aliphatic rings. The zero-order valence-corrected chi connectivity index (χ0v) is 17.4. The summed E-state index contributed by atoms with van der Waals surface area (Å²) in [6.45, 7) is 0.719. The number of ether oxygens (including phenoxy) is 1. The summed E-state index contributed by atoms with van der Waals surface area (Å²) in [5, 5.41) is 2.86. The van der Waals surface area contributed by atoms with Crippen molar-refractivity contribution in [2.45, 2.75) is 26.0 Å². The lowest BCUT2D eigenvalue weighted by molar-refractivity contribution is -0.121. The number of benzene rings is 1. The minimum absolute atomic E-state index is 0.159. The average Bonchev–Trinajstić information content (AvgIpc) is 3.25. The molecule has 3 N–H and O–H groups in total. The van der Waals surface area contributed by atoms with Gasteiger partial charge in [0.25, 0.3) is 5.56 Å². The van der Waals surface area contributed by atoms with Crippen LogP contribution < -0.4 is 21.3 Å². The third-order valence-electron chi connectivity index (χ3n) is 4.89. The molecule has 0 fully saturated rings. The number of hydrogen-bond acceptors (Lipinski definition) is 6. The van der Waals surface area contributed by atoms with Crippen LogP contribution in [-0.4, -0.2) is 30.4 Å². The summed E-state index contributed by atoms with van der Waals surface area (Å²) >= 11 is 0. The predicted molar refractivity (Wildman–Crippen MR) is 117 cm³/mol. The van der Waals surface area contributed by atoms with Gasteiger partial charge in [0.1, 0.15) is 23.7 Å². The lowest BCUT2D eigenvalue weighted by atomic mass is 10.2. The zero-order chi connectivity index (χ0) is 22.5. The molecular weight excluding hydrogens is 412 g/mol. The number of nitrogens with zero attached hydrogens (tertiary/aromatic N) is 3. The van der Waals surface area contributed by atoms with Crippen LogP contribution in [0.3, 0.4) is 0 Å². The van der Waals surface area contributed by atoms with E-state index in [0.717, 1.165) is 11.3 Å². The number of nitrogens with one attached hydrogen (secondary N) is 3. The number of carbonyl (C=O) groups excluding carboxylic acids is 1. The normalized spacial score (nSPS) is 10.9. The molecule has 164 valence electrons. The SMILES string of the molecule is Cn1c(=O)[nH]c(=O)c2[nH]c(CCC(=O)NCc3cccc(OCc4ccccn4)c3)nc21. The van der Waals surface area contributed by atoms with Gasteiger partial charge < -0.3 is 15.0 Å². The number of aromatic nitrogens is 5. The van der Waals surface area contributed by atoms with Gasteiger partial charge in [0, 0.05) is 32.6 Å². The van der Waals surface area contributed by atoms with Crippen molar-refractivity contribution in [1.29, 1.82) is 0 Å². The van der Waals surface area contributed by atoms with Crippen LogP contribution in [0.25, 0.3) is 11.2 Å². The summed E-state index contributed by atoms with van der Waals surface area (Å²) in [6.07, 6.45) is 2.21. The van der Waals surface area contributed by atoms with Crippen LogP contribution in [0.1, 0.15) is 23.5 Å². The third-order valence-corrected chi connectivity index (χ3v) is 4.89. The van der Waals surface area contributed by atoms with Crippen LogP contribution in [0.4, 0.5) is 0 Å². The van der Waals surface area contributed by atoms with E-state index in [9.17, 15) is 14.4 Å². The van der Waals surface area contributed by atoms with Crippen molar-refractivity contribution >= 4 is 17.1 Å². The maximum Gasteiger partial charge on any atom is 0.329 e. The summed E-state index contributed by atoms with van der Waals surface area (Å²) in [6, 6.07) is 13.1. The van der Waals surface area contributed by atoms with Crippen molar-refractivity contribution < 1.29 is 9.53 Å². The summed E-state index contributed by atoms with van der Waals surface area (Å²) in [4.78, 5) is 49.4. The Labute approximate surface area is 182 Å². The van der Waals surface area contributed by atoms with Gasteiger partial charge in [-0.1, -0.05) is 18.2 Å². The first-order chi connectivity index (χ1) is 15.5. The molecule has 0 saturated carbocycles. The van der Waals surface area contributed by atoms with Crippen molar-refractivity contribution in [2.24, 2.45) is 7.05 Å². The first kappa shape index (κ1) is 21.0. The van der Waals surface area contributed by atoms with Gasteiger partial charge in [-0.05, 0) is 29.8 Å². The van der Waals surface area contributed by atoms with Gasteiger partial charge in [-0.2, -0.15) is 0 Å². The number of fused-ring (bicyclic) bond motifs is 1. The number of hydrogen-bond donors (Lipinski definition) is 3. The van der Waals surface area contributed by atoms with E-state index < -0.39 is 11.2 Å². The van der Waals surface area contributed by atoms with Gasteiger partial charge >= 0.3 is 5.69 Å². The molecule has 3 aromatic heterocycles. The Hall–Kier alpha value is -4.21. The Balaban J connectivity index is 1.30. The smallest absolute Gasteiger partial charge is 0.329 e. The molecule has 0 atom stereocenters. The van der Waals surface area contributed by atoms with Gasteiger partial charge in [0.15, 0.2) is 5.65 Å². The molecule has 4 aromatic rings. The number of H-pyrrole nitrogens is 2. The monoisotopic (exact) mass is 434 g/mol. The van der Waals surface area contributed by atoms with Crippen LogP contribution in [0, 0.1) is 0 Å². The molecule has 0 aliphatic carbocycles. The lowest BCUT2D eigenvalue weighted by Crippen LogP contribution is -2.28. The Kier molecular flexibility index (Phi) is 6.11. The number of pyridine rings is 1. The number of aromatic amines is 2. The second kappa shape index (κ2) is 9.29. The quantitative estimate of drug-likeness (QED) is 0.381. The molecule has 32 heavy (non-hydrogen) atoms. The topological polar surface area (TPSA) is 135 Å². The van der Waals surface area contributed by atoms with Crippen LogP contribution in [0.5, 0.6) is 5.75 Å². The van der Waals surface area contributed by atoms with Gasteiger partial charge in [-0.25, -0.2) is 9.78 Å². The maximum absolute atomic E-state index is 12.3. The van der Waals surface area contributed by atoms with Gasteiger partial charge in [0.2, 0.25) is 5.91 Å². The number of imidazole rings is 1. The van der Waals surface area contributed by atoms with E-state index >= 15 is 0 Å². The second-order valence-corrected chi connectivity index (χ2v) is 7.23. The summed E-state index contributed by atoms with van der Waals surface area (Å²) in [7, 11) is 1.52. The molecular formula is C22H22N6O4. The number of amides is 1. The standard InChI is InChI=1S/C22H22N6O4/c1-28-20-19(21(30)27-22(28)31)25-17(26-20)8-9-18(29)24-12-14-5-4-7-16(11-14)32-13-15-6-2-3-10-23-15/h2-7,10-11H,8-9,12-13H2,1H3,(H,24,29)(H,25,26)(H,27,30,31). The predicted octanol–water partition coefficient (Wildman–Crippen LogP) is 1.17. The van der Waals surface area contributed by atoms with E-state index in [-0.39, 0.29) is 23.5 Å². The van der Waals surface area contributed by atoms with Crippen molar-refractivity contribution in [3.63, 3.8) is 0 Å². The number of carbonyl (C=O) groups is 1. The zero-order valence-electron chi connectivity index (χ0n) is 17.4. The summed E-state index contributed by atoms with van der Waals surface area (Å²) in [5.41, 5.74) is 1.14. The summed E-state index contributed by atoms with van der Waals surface area (Å²) in [5.74, 6) is 1.00. The Morgan fingerprint density at radius 2 is 2.03 bits per heavy atom. The highest BCUT2D eigenvalue weighted by Crippen LogP contribution is 2.15. The largest absolute Gasteiger partial charge is 0.487 e. The second-order valence-electron chi connectivity index (χ2n) is 7.23. The maximum atomic E-state index is 12.3. The molecule has 0 unspecified atom stereocenters. The first-order valence-corrected chi connectivity index (χ1v) is 10.1. The minimum Gasteiger partial charge on any atom is -0.487 e.